The molecule has 0 saturated heterocycles. The molecule has 144 valence electrons. The Morgan fingerprint density at radius 3 is 2.82 bits per heavy atom. The molecule has 0 bridgehead atoms. The molecule has 3 rings (SSSR count). The number of benzene rings is 1. The molecule has 6 nitrogen and oxygen atoms in total. The molecule has 0 aliphatic carbocycles. The number of thiophene rings is 1. The number of hydrogen-bond acceptors (Lipinski definition) is 7. The van der Waals surface area contributed by atoms with Gasteiger partial charge >= 0.3 is 0 Å². The Bertz CT molecular complexity index is 999. The van der Waals surface area contributed by atoms with Gasteiger partial charge in [-0.05, 0) is 30.5 Å². The molecule has 0 unspecified atom stereocenters. The molecule has 0 atom stereocenters. The van der Waals surface area contributed by atoms with Gasteiger partial charge in [-0.15, -0.1) is 29.3 Å². The van der Waals surface area contributed by atoms with Crippen molar-refractivity contribution in [1.29, 1.82) is 0 Å². The van der Waals surface area contributed by atoms with Crippen LogP contribution in [-0.4, -0.2) is 27.3 Å². The van der Waals surface area contributed by atoms with Crippen LogP contribution in [0.25, 0.3) is 0 Å². The molecule has 28 heavy (non-hydrogen) atoms. The van der Waals surface area contributed by atoms with E-state index in [1.165, 1.54) is 29.2 Å². The predicted molar refractivity (Wildman–Crippen MR) is 113 cm³/mol. The fourth-order valence-electron chi connectivity index (χ4n) is 2.50. The number of carbonyl (C=O) groups is 1. The Labute approximate surface area is 174 Å². The van der Waals surface area contributed by atoms with E-state index in [0.29, 0.717) is 18.0 Å². The summed E-state index contributed by atoms with van der Waals surface area (Å²) in [5, 5.41) is 15.4. The first-order chi connectivity index (χ1) is 13.5. The van der Waals surface area contributed by atoms with Gasteiger partial charge < -0.3 is 4.90 Å². The summed E-state index contributed by atoms with van der Waals surface area (Å²) in [7, 11) is 0. The van der Waals surface area contributed by atoms with Crippen LogP contribution in [0.5, 0.6) is 0 Å². The van der Waals surface area contributed by atoms with Crippen LogP contribution < -0.4 is 0 Å². The summed E-state index contributed by atoms with van der Waals surface area (Å²) in [5.74, 6) is -0.266. The van der Waals surface area contributed by atoms with Gasteiger partial charge in [0, 0.05) is 34.1 Å². The second-order valence-electron chi connectivity index (χ2n) is 5.85. The summed E-state index contributed by atoms with van der Waals surface area (Å²) in [6.45, 7) is 6.38. The minimum Gasteiger partial charge on any atom is -0.330 e. The fourth-order valence-corrected chi connectivity index (χ4v) is 5.10. The maximum absolute atomic E-state index is 13.0. The number of aryl methyl sites for hydroxylation is 1. The molecule has 0 saturated carbocycles. The highest BCUT2D eigenvalue weighted by atomic mass is 32.2. The normalized spacial score (nSPS) is 10.6. The van der Waals surface area contributed by atoms with Crippen molar-refractivity contribution in [1.82, 2.24) is 9.88 Å². The van der Waals surface area contributed by atoms with Crippen molar-refractivity contribution in [3.8, 4) is 0 Å². The van der Waals surface area contributed by atoms with Gasteiger partial charge in [-0.1, -0.05) is 23.9 Å². The smallest absolute Gasteiger partial charge is 0.284 e. The van der Waals surface area contributed by atoms with Gasteiger partial charge in [0.2, 0.25) is 0 Å². The van der Waals surface area contributed by atoms with E-state index in [2.05, 4.69) is 11.6 Å². The van der Waals surface area contributed by atoms with Crippen LogP contribution in [0.3, 0.4) is 0 Å². The average Bonchev–Trinajstić information content (AvgIpc) is 3.32. The average molecular weight is 432 g/mol. The molecule has 0 aliphatic rings. The summed E-state index contributed by atoms with van der Waals surface area (Å²) in [6.07, 6.45) is 1.65. The van der Waals surface area contributed by atoms with Crippen molar-refractivity contribution in [2.75, 3.05) is 6.54 Å². The van der Waals surface area contributed by atoms with Gasteiger partial charge in [0.15, 0.2) is 4.34 Å². The van der Waals surface area contributed by atoms with Gasteiger partial charge in [0.05, 0.1) is 16.4 Å². The zero-order chi connectivity index (χ0) is 20.1. The fraction of sp³-hybridized carbons (Fsp3) is 0.158. The Morgan fingerprint density at radius 2 is 2.21 bits per heavy atom. The SMILES string of the molecule is C=CCN(Cc1cccs1)C(=O)c1ccc(Sc2nc(C)cs2)c([N+](=O)[O-])c1. The molecule has 0 spiro atoms. The lowest BCUT2D eigenvalue weighted by atomic mass is 10.1. The zero-order valence-corrected chi connectivity index (χ0v) is 17.5. The zero-order valence-electron chi connectivity index (χ0n) is 15.0. The predicted octanol–water partition coefficient (Wildman–Crippen LogP) is 5.40. The second-order valence-corrected chi connectivity index (χ2v) is 9.03. The van der Waals surface area contributed by atoms with Gasteiger partial charge in [-0.2, -0.15) is 0 Å². The van der Waals surface area contributed by atoms with Crippen LogP contribution in [0.15, 0.2) is 63.0 Å². The molecule has 0 N–H and O–H groups in total. The molecular formula is C19H17N3O3S3. The van der Waals surface area contributed by atoms with Crippen LogP contribution in [-0.2, 0) is 6.54 Å². The number of amides is 1. The summed E-state index contributed by atoms with van der Waals surface area (Å²) in [4.78, 5) is 31.5. The number of nitro benzene ring substituents is 1. The number of nitro groups is 1. The Balaban J connectivity index is 1.87. The highest BCUT2D eigenvalue weighted by molar-refractivity contribution is 8.01. The molecule has 0 fully saturated rings. The van der Waals surface area contributed by atoms with E-state index >= 15 is 0 Å². The van der Waals surface area contributed by atoms with E-state index in [1.54, 1.807) is 34.4 Å². The van der Waals surface area contributed by atoms with Gasteiger partial charge in [0.25, 0.3) is 11.6 Å². The van der Waals surface area contributed by atoms with E-state index in [0.717, 1.165) is 14.9 Å². The maximum atomic E-state index is 13.0. The summed E-state index contributed by atoms with van der Waals surface area (Å²) in [5.41, 5.74) is 1.05. The number of nitrogens with zero attached hydrogens (tertiary/aromatic N) is 3. The van der Waals surface area contributed by atoms with Crippen molar-refractivity contribution in [2.24, 2.45) is 0 Å². The van der Waals surface area contributed by atoms with Crippen molar-refractivity contribution in [3.05, 3.63) is 80.0 Å². The largest absolute Gasteiger partial charge is 0.330 e. The third-order valence-corrected chi connectivity index (χ3v) is 6.74. The standard InChI is InChI=1S/C19H17N3O3S3/c1-3-8-21(11-15-5-4-9-26-15)18(23)14-6-7-17(16(10-14)22(24)25)28-19-20-13(2)12-27-19/h3-7,9-10,12H,1,8,11H2,2H3. The quantitative estimate of drug-likeness (QED) is 0.271. The molecule has 0 aliphatic heterocycles. The van der Waals surface area contributed by atoms with Crippen LogP contribution in [0.2, 0.25) is 0 Å². The number of rotatable bonds is 8. The van der Waals surface area contributed by atoms with Gasteiger partial charge in [-0.25, -0.2) is 4.98 Å². The number of aromatic nitrogens is 1. The number of carbonyl (C=O) groups excluding carboxylic acids is 1. The van der Waals surface area contributed by atoms with E-state index < -0.39 is 4.92 Å². The summed E-state index contributed by atoms with van der Waals surface area (Å²) in [6, 6.07) is 8.46. The molecule has 2 heterocycles. The number of thiazole rings is 1. The molecule has 1 amide bonds. The van der Waals surface area contributed by atoms with Crippen molar-refractivity contribution >= 4 is 46.0 Å². The first kappa shape index (κ1) is 20.2. The van der Waals surface area contributed by atoms with Crippen molar-refractivity contribution in [3.63, 3.8) is 0 Å². The lowest BCUT2D eigenvalue weighted by Gasteiger charge is -2.20. The molecule has 2 aromatic heterocycles. The topological polar surface area (TPSA) is 76.3 Å². The highest BCUT2D eigenvalue weighted by Crippen LogP contribution is 2.37. The Morgan fingerprint density at radius 1 is 1.39 bits per heavy atom. The van der Waals surface area contributed by atoms with Crippen LogP contribution in [0.1, 0.15) is 20.9 Å². The van der Waals surface area contributed by atoms with Gasteiger partial charge in [0.1, 0.15) is 0 Å². The molecule has 3 aromatic rings. The van der Waals surface area contributed by atoms with Crippen LogP contribution in [0, 0.1) is 17.0 Å². The third-order valence-electron chi connectivity index (χ3n) is 3.76. The van der Waals surface area contributed by atoms with Crippen molar-refractivity contribution < 1.29 is 9.72 Å². The highest BCUT2D eigenvalue weighted by Gasteiger charge is 2.22. The molecule has 9 heteroatoms. The van der Waals surface area contributed by atoms with Crippen LogP contribution >= 0.6 is 34.4 Å². The Kier molecular flexibility index (Phi) is 6.61. The Hall–Kier alpha value is -2.49. The minimum atomic E-state index is -0.462. The monoisotopic (exact) mass is 431 g/mol. The van der Waals surface area contributed by atoms with E-state index in [9.17, 15) is 14.9 Å². The van der Waals surface area contributed by atoms with E-state index in [4.69, 9.17) is 0 Å². The first-order valence-corrected chi connectivity index (χ1v) is 10.9. The molecule has 1 aromatic carbocycles. The summed E-state index contributed by atoms with van der Waals surface area (Å²) < 4.78 is 0.727. The van der Waals surface area contributed by atoms with Crippen molar-refractivity contribution in [2.45, 2.75) is 22.7 Å². The maximum Gasteiger partial charge on any atom is 0.284 e. The van der Waals surface area contributed by atoms with E-state index in [1.807, 2.05) is 29.8 Å². The van der Waals surface area contributed by atoms with Gasteiger partial charge in [-0.3, -0.25) is 14.9 Å². The summed E-state index contributed by atoms with van der Waals surface area (Å²) >= 11 is 4.22. The lowest BCUT2D eigenvalue weighted by molar-refractivity contribution is -0.387. The van der Waals surface area contributed by atoms with Crippen LogP contribution in [0.4, 0.5) is 5.69 Å². The first-order valence-electron chi connectivity index (χ1n) is 8.29. The second kappa shape index (κ2) is 9.13. The minimum absolute atomic E-state index is 0.0987. The molecule has 0 radical (unpaired) electrons. The molecular weight excluding hydrogens is 414 g/mol. The van der Waals surface area contributed by atoms with E-state index in [-0.39, 0.29) is 17.2 Å². The lowest BCUT2D eigenvalue weighted by Crippen LogP contribution is -2.30. The number of hydrogen-bond donors (Lipinski definition) is 0. The third kappa shape index (κ3) is 4.86.